The molecule has 0 radical (unpaired) electrons. The van der Waals surface area contributed by atoms with Gasteiger partial charge in [0, 0.05) is 11.3 Å². The van der Waals surface area contributed by atoms with E-state index in [9.17, 15) is 9.59 Å². The molecule has 1 amide bonds. The number of carbonyl (C=O) groups is 2. The zero-order chi connectivity index (χ0) is 13.8. The predicted octanol–water partition coefficient (Wildman–Crippen LogP) is 1.06. The van der Waals surface area contributed by atoms with Crippen LogP contribution in [0.2, 0.25) is 0 Å². The number of hydrogen-bond donors (Lipinski definition) is 2. The summed E-state index contributed by atoms with van der Waals surface area (Å²) in [7, 11) is 0. The van der Waals surface area contributed by atoms with Gasteiger partial charge in [-0.05, 0) is 32.3 Å². The van der Waals surface area contributed by atoms with Gasteiger partial charge in [-0.15, -0.1) is 5.10 Å². The van der Waals surface area contributed by atoms with E-state index in [1.165, 1.54) is 6.20 Å². The van der Waals surface area contributed by atoms with Gasteiger partial charge in [-0.1, -0.05) is 4.49 Å². The van der Waals surface area contributed by atoms with Crippen molar-refractivity contribution in [1.82, 2.24) is 14.9 Å². The summed E-state index contributed by atoms with van der Waals surface area (Å²) in [5.74, 6) is -1.13. The van der Waals surface area contributed by atoms with Gasteiger partial charge in [-0.25, -0.2) is 9.59 Å². The second kappa shape index (κ2) is 5.76. The van der Waals surface area contributed by atoms with E-state index in [-0.39, 0.29) is 6.42 Å². The highest BCUT2D eigenvalue weighted by Gasteiger charge is 2.24. The molecule has 0 aliphatic carbocycles. The molecule has 1 rings (SSSR count). The van der Waals surface area contributed by atoms with E-state index in [0.717, 1.165) is 11.5 Å². The van der Waals surface area contributed by atoms with Crippen LogP contribution in [0.4, 0.5) is 4.79 Å². The fourth-order valence-corrected chi connectivity index (χ4v) is 1.66. The Bertz CT molecular complexity index is 413. The lowest BCUT2D eigenvalue weighted by Gasteiger charge is -2.21. The third kappa shape index (κ3) is 5.09. The molecule has 7 nitrogen and oxygen atoms in total. The summed E-state index contributed by atoms with van der Waals surface area (Å²) in [4.78, 5) is 23.2. The molecule has 1 unspecified atom stereocenters. The molecule has 1 atom stereocenters. The minimum absolute atomic E-state index is 0.131. The van der Waals surface area contributed by atoms with Crippen LogP contribution in [0.3, 0.4) is 0 Å². The molecule has 0 aliphatic rings. The molecule has 2 N–H and O–H groups in total. The molecule has 0 saturated carbocycles. The van der Waals surface area contributed by atoms with Crippen LogP contribution in [-0.2, 0) is 16.0 Å². The summed E-state index contributed by atoms with van der Waals surface area (Å²) in [5.41, 5.74) is -0.667. The Hall–Kier alpha value is -1.70. The van der Waals surface area contributed by atoms with Crippen molar-refractivity contribution in [3.8, 4) is 0 Å². The van der Waals surface area contributed by atoms with E-state index in [1.807, 2.05) is 0 Å². The maximum Gasteiger partial charge on any atom is 0.408 e. The molecule has 0 fully saturated rings. The Balaban J connectivity index is 2.58. The van der Waals surface area contributed by atoms with Gasteiger partial charge < -0.3 is 15.2 Å². The number of aliphatic carboxylic acids is 1. The largest absolute Gasteiger partial charge is 0.480 e. The fourth-order valence-electron chi connectivity index (χ4n) is 1.13. The average Bonchev–Trinajstić information content (AvgIpc) is 2.66. The number of nitrogens with zero attached hydrogens (tertiary/aromatic N) is 2. The van der Waals surface area contributed by atoms with Gasteiger partial charge in [-0.2, -0.15) is 0 Å². The highest BCUT2D eigenvalue weighted by molar-refractivity contribution is 7.05. The van der Waals surface area contributed by atoms with Crippen molar-refractivity contribution in [3.63, 3.8) is 0 Å². The van der Waals surface area contributed by atoms with E-state index in [4.69, 9.17) is 9.84 Å². The second-order valence-electron chi connectivity index (χ2n) is 4.62. The zero-order valence-corrected chi connectivity index (χ0v) is 11.2. The van der Waals surface area contributed by atoms with Crippen molar-refractivity contribution in [3.05, 3.63) is 11.1 Å². The first-order valence-corrected chi connectivity index (χ1v) is 6.04. The number of hydrogen-bond acceptors (Lipinski definition) is 6. The van der Waals surface area contributed by atoms with Crippen molar-refractivity contribution in [2.24, 2.45) is 0 Å². The SMILES string of the molecule is CC(C)(C)OC(=O)NC(Cc1cnns1)C(=O)O. The number of carbonyl (C=O) groups excluding carboxylic acids is 1. The molecular formula is C10H15N3O4S. The number of amides is 1. The molecule has 0 aromatic carbocycles. The van der Waals surface area contributed by atoms with Gasteiger partial charge in [0.1, 0.15) is 11.6 Å². The lowest BCUT2D eigenvalue weighted by molar-refractivity contribution is -0.139. The first kappa shape index (κ1) is 14.4. The highest BCUT2D eigenvalue weighted by Crippen LogP contribution is 2.09. The Morgan fingerprint density at radius 3 is 2.67 bits per heavy atom. The standard InChI is InChI=1S/C10H15N3O4S/c1-10(2,3)17-9(16)12-7(8(14)15)4-6-5-11-13-18-6/h5,7H,4H2,1-3H3,(H,12,16)(H,14,15). The predicted molar refractivity (Wildman–Crippen MR) is 64.4 cm³/mol. The number of alkyl carbamates (subject to hydrolysis) is 1. The topological polar surface area (TPSA) is 101 Å². The highest BCUT2D eigenvalue weighted by atomic mass is 32.1. The number of carboxylic acids is 1. The van der Waals surface area contributed by atoms with Crippen LogP contribution in [0, 0.1) is 0 Å². The van der Waals surface area contributed by atoms with Gasteiger partial charge in [0.05, 0.1) is 6.20 Å². The first-order chi connectivity index (χ1) is 8.28. The fraction of sp³-hybridized carbons (Fsp3) is 0.600. The normalized spacial score (nSPS) is 12.8. The van der Waals surface area contributed by atoms with Crippen molar-refractivity contribution in [2.75, 3.05) is 0 Å². The molecular weight excluding hydrogens is 258 g/mol. The molecule has 0 bridgehead atoms. The average molecular weight is 273 g/mol. The molecule has 8 heteroatoms. The number of ether oxygens (including phenoxy) is 1. The lowest BCUT2D eigenvalue weighted by atomic mass is 10.2. The van der Waals surface area contributed by atoms with Crippen LogP contribution in [0.25, 0.3) is 0 Å². The van der Waals surface area contributed by atoms with Crippen molar-refractivity contribution < 1.29 is 19.4 Å². The maximum absolute atomic E-state index is 11.5. The van der Waals surface area contributed by atoms with Crippen LogP contribution >= 0.6 is 11.5 Å². The summed E-state index contributed by atoms with van der Waals surface area (Å²) in [6.45, 7) is 5.11. The monoisotopic (exact) mass is 273 g/mol. The van der Waals surface area contributed by atoms with Crippen LogP contribution in [0.15, 0.2) is 6.20 Å². The summed E-state index contributed by atoms with van der Waals surface area (Å²) >= 11 is 1.09. The Labute approximate surface area is 108 Å². The van der Waals surface area contributed by atoms with E-state index in [1.54, 1.807) is 20.8 Å². The molecule has 18 heavy (non-hydrogen) atoms. The van der Waals surface area contributed by atoms with Gasteiger partial charge in [0.2, 0.25) is 0 Å². The number of aromatic nitrogens is 2. The number of rotatable bonds is 4. The van der Waals surface area contributed by atoms with Gasteiger partial charge in [-0.3, -0.25) is 0 Å². The molecule has 1 heterocycles. The van der Waals surface area contributed by atoms with E-state index in [0.29, 0.717) is 4.88 Å². The Morgan fingerprint density at radius 2 is 2.22 bits per heavy atom. The first-order valence-electron chi connectivity index (χ1n) is 5.26. The molecule has 1 aromatic rings. The van der Waals surface area contributed by atoms with Crippen molar-refractivity contribution >= 4 is 23.6 Å². The smallest absolute Gasteiger partial charge is 0.408 e. The van der Waals surface area contributed by atoms with Crippen molar-refractivity contribution in [2.45, 2.75) is 38.8 Å². The summed E-state index contributed by atoms with van der Waals surface area (Å²) in [5, 5.41) is 14.9. The zero-order valence-electron chi connectivity index (χ0n) is 10.3. The third-order valence-corrected chi connectivity index (χ3v) is 2.48. The molecule has 0 aliphatic heterocycles. The number of nitrogens with one attached hydrogen (secondary N) is 1. The number of carboxylic acid groups (broad SMARTS) is 1. The summed E-state index contributed by atoms with van der Waals surface area (Å²) < 4.78 is 8.62. The Morgan fingerprint density at radius 1 is 1.56 bits per heavy atom. The quantitative estimate of drug-likeness (QED) is 0.850. The second-order valence-corrected chi connectivity index (χ2v) is 5.50. The van der Waals surface area contributed by atoms with Crippen molar-refractivity contribution in [1.29, 1.82) is 0 Å². The molecule has 0 saturated heterocycles. The van der Waals surface area contributed by atoms with E-state index >= 15 is 0 Å². The minimum atomic E-state index is -1.13. The molecule has 0 spiro atoms. The summed E-state index contributed by atoms with van der Waals surface area (Å²) in [6.07, 6.45) is 0.844. The lowest BCUT2D eigenvalue weighted by Crippen LogP contribution is -2.44. The van der Waals surface area contributed by atoms with Gasteiger partial charge >= 0.3 is 12.1 Å². The van der Waals surface area contributed by atoms with Crippen LogP contribution in [0.5, 0.6) is 0 Å². The van der Waals surface area contributed by atoms with Crippen LogP contribution in [-0.4, -0.2) is 38.4 Å². The molecule has 1 aromatic heterocycles. The molecule has 100 valence electrons. The van der Waals surface area contributed by atoms with Gasteiger partial charge in [0.15, 0.2) is 0 Å². The van der Waals surface area contributed by atoms with E-state index < -0.39 is 23.7 Å². The Kier molecular flexibility index (Phi) is 4.60. The van der Waals surface area contributed by atoms with Gasteiger partial charge in [0.25, 0.3) is 0 Å². The van der Waals surface area contributed by atoms with E-state index in [2.05, 4.69) is 14.9 Å². The summed E-state index contributed by atoms with van der Waals surface area (Å²) in [6, 6.07) is -1.05. The van der Waals surface area contributed by atoms with Crippen LogP contribution in [0.1, 0.15) is 25.6 Å². The maximum atomic E-state index is 11.5. The van der Waals surface area contributed by atoms with Crippen LogP contribution < -0.4 is 5.32 Å². The third-order valence-electron chi connectivity index (χ3n) is 1.80. The minimum Gasteiger partial charge on any atom is -0.480 e.